The van der Waals surface area contributed by atoms with Crippen molar-refractivity contribution < 1.29 is 4.79 Å². The van der Waals surface area contributed by atoms with Crippen molar-refractivity contribution in [3.05, 3.63) is 48.0 Å². The largest absolute Gasteiger partial charge is 0.353 e. The number of fused-ring (bicyclic) bond motifs is 2. The Bertz CT molecular complexity index is 695. The highest BCUT2D eigenvalue weighted by Crippen LogP contribution is 2.45. The fourth-order valence-electron chi connectivity index (χ4n) is 2.62. The van der Waals surface area contributed by atoms with Gasteiger partial charge in [0, 0.05) is 15.4 Å². The quantitative estimate of drug-likeness (QED) is 0.707. The molecule has 0 aromatic heterocycles. The summed E-state index contributed by atoms with van der Waals surface area (Å²) >= 11 is 1.72. The topological polar surface area (TPSA) is 32.3 Å². The van der Waals surface area contributed by atoms with Crippen LogP contribution in [0.5, 0.6) is 0 Å². The van der Waals surface area contributed by atoms with E-state index in [0.29, 0.717) is 6.54 Å². The molecule has 0 radical (unpaired) electrons. The second kappa shape index (κ2) is 6.55. The molecule has 2 aromatic rings. The molecule has 22 heavy (non-hydrogen) atoms. The number of hydrogen-bond donors (Lipinski definition) is 1. The highest BCUT2D eigenvalue weighted by molar-refractivity contribution is 7.99. The lowest BCUT2D eigenvalue weighted by atomic mass is 10.1. The second-order valence-electron chi connectivity index (χ2n) is 5.29. The predicted octanol–water partition coefficient (Wildman–Crippen LogP) is 4.42. The van der Waals surface area contributed by atoms with Gasteiger partial charge >= 0.3 is 0 Å². The molecule has 0 spiro atoms. The molecule has 3 nitrogen and oxygen atoms in total. The van der Waals surface area contributed by atoms with Crippen molar-refractivity contribution in [2.24, 2.45) is 0 Å². The monoisotopic (exact) mass is 312 g/mol. The Hall–Kier alpha value is -1.78. The number of likely N-dealkylation sites (N-methyl/N-ethyl adjacent to an activating group) is 1. The average molecular weight is 312 g/mol. The fraction of sp³-hybridized carbons (Fsp3) is 0.278. The summed E-state index contributed by atoms with van der Waals surface area (Å²) in [5.41, 5.74) is 2.80. The van der Waals surface area contributed by atoms with Crippen LogP contribution in [-0.2, 0) is 0 Å². The number of carbonyl (C=O) groups is 1. The van der Waals surface area contributed by atoms with E-state index in [2.05, 4.69) is 42.3 Å². The van der Waals surface area contributed by atoms with Gasteiger partial charge in [0.05, 0.1) is 17.9 Å². The van der Waals surface area contributed by atoms with E-state index >= 15 is 0 Å². The van der Waals surface area contributed by atoms with Gasteiger partial charge in [-0.3, -0.25) is 9.69 Å². The molecule has 0 saturated carbocycles. The van der Waals surface area contributed by atoms with Gasteiger partial charge in [0.2, 0.25) is 0 Å². The molecule has 0 fully saturated rings. The maximum atomic E-state index is 12.7. The zero-order valence-electron chi connectivity index (χ0n) is 12.9. The van der Waals surface area contributed by atoms with Crippen LogP contribution in [0.15, 0.2) is 52.3 Å². The Morgan fingerprint density at radius 3 is 2.55 bits per heavy atom. The van der Waals surface area contributed by atoms with Crippen LogP contribution in [-0.4, -0.2) is 30.3 Å². The molecule has 0 amide bonds. The van der Waals surface area contributed by atoms with Crippen molar-refractivity contribution in [2.75, 3.05) is 25.0 Å². The lowest BCUT2D eigenvalue weighted by Crippen LogP contribution is -2.29. The van der Waals surface area contributed by atoms with Crippen LogP contribution in [0.3, 0.4) is 0 Å². The van der Waals surface area contributed by atoms with Crippen molar-refractivity contribution in [1.29, 1.82) is 0 Å². The van der Waals surface area contributed by atoms with Gasteiger partial charge in [-0.1, -0.05) is 43.8 Å². The Labute approximate surface area is 135 Å². The summed E-state index contributed by atoms with van der Waals surface area (Å²) in [6.45, 7) is 6.42. The number of nitrogens with one attached hydrogen (secondary N) is 1. The number of Topliss-reactive ketones (excluding diaryl/α,β-unsaturated/α-hetero) is 1. The van der Waals surface area contributed by atoms with E-state index in [9.17, 15) is 4.79 Å². The molecular formula is C18H20N2OS. The van der Waals surface area contributed by atoms with Crippen LogP contribution in [0.25, 0.3) is 0 Å². The van der Waals surface area contributed by atoms with E-state index in [4.69, 9.17) is 0 Å². The number of nitrogens with zero attached hydrogens (tertiary/aromatic N) is 1. The number of hydrogen-bond acceptors (Lipinski definition) is 4. The Balaban J connectivity index is 1.91. The first-order valence-corrected chi connectivity index (χ1v) is 8.47. The Morgan fingerprint density at radius 2 is 1.77 bits per heavy atom. The smallest absolute Gasteiger partial charge is 0.178 e. The first kappa shape index (κ1) is 15.1. The second-order valence-corrected chi connectivity index (χ2v) is 6.37. The average Bonchev–Trinajstić information content (AvgIpc) is 2.57. The molecule has 114 valence electrons. The highest BCUT2D eigenvalue weighted by Gasteiger charge is 2.21. The van der Waals surface area contributed by atoms with E-state index < -0.39 is 0 Å². The molecule has 0 aliphatic carbocycles. The van der Waals surface area contributed by atoms with E-state index in [1.165, 1.54) is 4.90 Å². The minimum absolute atomic E-state index is 0.174. The van der Waals surface area contributed by atoms with Gasteiger partial charge in [-0.25, -0.2) is 0 Å². The van der Waals surface area contributed by atoms with Gasteiger partial charge in [0.1, 0.15) is 0 Å². The maximum Gasteiger partial charge on any atom is 0.178 e. The summed E-state index contributed by atoms with van der Waals surface area (Å²) in [5, 5.41) is 3.44. The van der Waals surface area contributed by atoms with Gasteiger partial charge in [0.25, 0.3) is 0 Å². The van der Waals surface area contributed by atoms with Crippen LogP contribution in [0.4, 0.5) is 11.4 Å². The van der Waals surface area contributed by atoms with Crippen LogP contribution < -0.4 is 5.32 Å². The summed E-state index contributed by atoms with van der Waals surface area (Å²) in [5.74, 6) is 0.174. The molecule has 4 heteroatoms. The summed E-state index contributed by atoms with van der Waals surface area (Å²) in [7, 11) is 0. The Morgan fingerprint density at radius 1 is 1.05 bits per heavy atom. The normalized spacial score (nSPS) is 12.5. The van der Waals surface area contributed by atoms with Gasteiger partial charge in [-0.05, 0) is 37.4 Å². The first-order valence-electron chi connectivity index (χ1n) is 7.65. The molecule has 1 aliphatic rings. The molecular weight excluding hydrogens is 292 g/mol. The van der Waals surface area contributed by atoms with Crippen LogP contribution >= 0.6 is 11.8 Å². The number of para-hydroxylation sites is 2. The summed E-state index contributed by atoms with van der Waals surface area (Å²) in [6.07, 6.45) is 0. The van der Waals surface area contributed by atoms with Crippen molar-refractivity contribution in [1.82, 2.24) is 4.90 Å². The number of benzene rings is 2. The SMILES string of the molecule is CCN(CC)CC(=O)c1cccc2c1Nc1ccccc1S2. The van der Waals surface area contributed by atoms with Crippen LogP contribution in [0, 0.1) is 0 Å². The van der Waals surface area contributed by atoms with E-state index in [1.54, 1.807) is 11.8 Å². The predicted molar refractivity (Wildman–Crippen MR) is 92.4 cm³/mol. The lowest BCUT2D eigenvalue weighted by molar-refractivity contribution is 0.0938. The van der Waals surface area contributed by atoms with Gasteiger partial charge in [-0.15, -0.1) is 0 Å². The summed E-state index contributed by atoms with van der Waals surface area (Å²) < 4.78 is 0. The van der Waals surface area contributed by atoms with E-state index in [0.717, 1.165) is 34.9 Å². The van der Waals surface area contributed by atoms with Crippen LogP contribution in [0.2, 0.25) is 0 Å². The molecule has 1 N–H and O–H groups in total. The third-order valence-corrected chi connectivity index (χ3v) is 5.09. The molecule has 2 aromatic carbocycles. The molecule has 0 bridgehead atoms. The minimum atomic E-state index is 0.174. The lowest BCUT2D eigenvalue weighted by Gasteiger charge is -2.24. The summed E-state index contributed by atoms with van der Waals surface area (Å²) in [4.78, 5) is 17.1. The molecule has 1 aliphatic heterocycles. The Kier molecular flexibility index (Phi) is 4.50. The number of anilines is 2. The fourth-order valence-corrected chi connectivity index (χ4v) is 3.65. The number of ketones is 1. The maximum absolute atomic E-state index is 12.7. The molecule has 1 heterocycles. The molecule has 0 unspecified atom stereocenters. The van der Waals surface area contributed by atoms with Crippen molar-refractivity contribution in [3.8, 4) is 0 Å². The standard InChI is InChI=1S/C18H20N2OS/c1-3-20(4-2)12-15(21)13-8-7-11-17-18(13)19-14-9-5-6-10-16(14)22-17/h5-11,19H,3-4,12H2,1-2H3. The third kappa shape index (κ3) is 2.89. The van der Waals surface area contributed by atoms with E-state index in [-0.39, 0.29) is 5.78 Å². The first-order chi connectivity index (χ1) is 10.7. The van der Waals surface area contributed by atoms with Gasteiger partial charge < -0.3 is 5.32 Å². The van der Waals surface area contributed by atoms with Crippen LogP contribution in [0.1, 0.15) is 24.2 Å². The third-order valence-electron chi connectivity index (χ3n) is 3.95. The molecule has 0 saturated heterocycles. The van der Waals surface area contributed by atoms with E-state index in [1.807, 2.05) is 24.3 Å². The van der Waals surface area contributed by atoms with Crippen molar-refractivity contribution in [3.63, 3.8) is 0 Å². The number of rotatable bonds is 5. The van der Waals surface area contributed by atoms with Gasteiger partial charge in [-0.2, -0.15) is 0 Å². The minimum Gasteiger partial charge on any atom is -0.353 e. The number of carbonyl (C=O) groups excluding carboxylic acids is 1. The molecule has 0 atom stereocenters. The zero-order chi connectivity index (χ0) is 15.5. The zero-order valence-corrected chi connectivity index (χ0v) is 13.7. The molecule has 3 rings (SSSR count). The van der Waals surface area contributed by atoms with Crippen molar-refractivity contribution >= 4 is 28.9 Å². The highest BCUT2D eigenvalue weighted by atomic mass is 32.2. The van der Waals surface area contributed by atoms with Gasteiger partial charge in [0.15, 0.2) is 5.78 Å². The summed E-state index contributed by atoms with van der Waals surface area (Å²) in [6, 6.07) is 14.2. The van der Waals surface area contributed by atoms with Crippen molar-refractivity contribution in [2.45, 2.75) is 23.6 Å².